The van der Waals surface area contributed by atoms with Crippen LogP contribution in [0.4, 0.5) is 0 Å². The van der Waals surface area contributed by atoms with Crippen LogP contribution < -0.4 is 5.30 Å². The molecule has 146 valence electrons. The van der Waals surface area contributed by atoms with Crippen molar-refractivity contribution in [2.75, 3.05) is 0 Å². The maximum atomic E-state index is 12.0. The number of fused-ring (bicyclic) bond motifs is 2. The van der Waals surface area contributed by atoms with E-state index in [2.05, 4.69) is 24.3 Å². The summed E-state index contributed by atoms with van der Waals surface area (Å²) in [5.74, 6) is 0. The van der Waals surface area contributed by atoms with E-state index < -0.39 is 7.60 Å². The van der Waals surface area contributed by atoms with Gasteiger partial charge in [0.1, 0.15) is 0 Å². The van der Waals surface area contributed by atoms with Gasteiger partial charge in [0.15, 0.2) is 0 Å². The molecule has 0 aliphatic heterocycles. The van der Waals surface area contributed by atoms with Gasteiger partial charge in [-0.25, -0.2) is 0 Å². The Morgan fingerprint density at radius 3 is 1.43 bits per heavy atom. The molecule has 0 saturated carbocycles. The predicted octanol–water partition coefficient (Wildman–Crippen LogP) is 6.13. The van der Waals surface area contributed by atoms with Crippen LogP contribution in [-0.2, 0) is 4.57 Å². The van der Waals surface area contributed by atoms with E-state index in [1.54, 1.807) is 12.1 Å². The molecule has 0 heterocycles. The van der Waals surface area contributed by atoms with Gasteiger partial charge in [-0.2, -0.15) is 0 Å². The highest BCUT2D eigenvalue weighted by atomic mass is 31.2. The van der Waals surface area contributed by atoms with Crippen molar-refractivity contribution in [2.24, 2.45) is 0 Å². The van der Waals surface area contributed by atoms with Gasteiger partial charge in [0.25, 0.3) is 0 Å². The third kappa shape index (κ3) is 3.14. The van der Waals surface area contributed by atoms with Crippen LogP contribution in [-0.4, -0.2) is 9.79 Å². The number of hydrogen-bond donors (Lipinski definition) is 2. The van der Waals surface area contributed by atoms with Gasteiger partial charge in [-0.05, 0) is 55.9 Å². The Balaban J connectivity index is 2.03. The Labute approximate surface area is 174 Å². The molecule has 0 bridgehead atoms. The van der Waals surface area contributed by atoms with E-state index in [0.717, 1.165) is 43.8 Å². The van der Waals surface area contributed by atoms with Crippen LogP contribution in [0.2, 0.25) is 0 Å². The van der Waals surface area contributed by atoms with E-state index in [9.17, 15) is 14.4 Å². The van der Waals surface area contributed by atoms with Crippen molar-refractivity contribution in [3.63, 3.8) is 0 Å². The Morgan fingerprint density at radius 1 is 0.500 bits per heavy atom. The fourth-order valence-corrected chi connectivity index (χ4v) is 4.75. The highest BCUT2D eigenvalue weighted by Crippen LogP contribution is 2.44. The lowest BCUT2D eigenvalue weighted by molar-refractivity contribution is 0.387. The molecule has 0 aliphatic rings. The molecule has 0 amide bonds. The van der Waals surface area contributed by atoms with Crippen LogP contribution in [0, 0.1) is 0 Å². The van der Waals surface area contributed by atoms with Gasteiger partial charge in [-0.15, -0.1) is 0 Å². The second-order valence-electron chi connectivity index (χ2n) is 7.30. The molecule has 5 rings (SSSR count). The maximum Gasteiger partial charge on any atom is 0.356 e. The van der Waals surface area contributed by atoms with Gasteiger partial charge in [-0.1, -0.05) is 91.0 Å². The average molecular weight is 410 g/mol. The zero-order valence-corrected chi connectivity index (χ0v) is 17.0. The summed E-state index contributed by atoms with van der Waals surface area (Å²) < 4.78 is 12.0. The van der Waals surface area contributed by atoms with Crippen molar-refractivity contribution in [1.82, 2.24) is 0 Å². The van der Waals surface area contributed by atoms with E-state index in [1.165, 1.54) is 0 Å². The van der Waals surface area contributed by atoms with Crippen molar-refractivity contribution in [3.8, 4) is 22.3 Å². The zero-order valence-electron chi connectivity index (χ0n) is 16.1. The first-order valence-corrected chi connectivity index (χ1v) is 11.3. The second-order valence-corrected chi connectivity index (χ2v) is 8.91. The lowest BCUT2D eigenvalue weighted by Crippen LogP contribution is -2.04. The smallest absolute Gasteiger partial charge is 0.321 e. The third-order valence-electron chi connectivity index (χ3n) is 5.47. The van der Waals surface area contributed by atoms with E-state index in [1.807, 2.05) is 66.7 Å². The minimum absolute atomic E-state index is 0.0291. The Bertz CT molecular complexity index is 1420. The molecule has 0 spiro atoms. The first-order chi connectivity index (χ1) is 14.5. The van der Waals surface area contributed by atoms with Crippen molar-refractivity contribution in [1.29, 1.82) is 0 Å². The van der Waals surface area contributed by atoms with Crippen LogP contribution in [0.15, 0.2) is 103 Å². The highest BCUT2D eigenvalue weighted by Gasteiger charge is 2.21. The Morgan fingerprint density at radius 2 is 0.933 bits per heavy atom. The zero-order chi connectivity index (χ0) is 20.7. The van der Waals surface area contributed by atoms with Gasteiger partial charge < -0.3 is 9.79 Å². The van der Waals surface area contributed by atoms with Crippen LogP contribution in [0.25, 0.3) is 43.8 Å². The molecule has 2 N–H and O–H groups in total. The first-order valence-electron chi connectivity index (χ1n) is 9.69. The molecule has 3 nitrogen and oxygen atoms in total. The van der Waals surface area contributed by atoms with Gasteiger partial charge >= 0.3 is 7.60 Å². The molecule has 0 saturated heterocycles. The standard InChI is InChI=1S/C26H19O3P/c27-30(28,29)20-15-16-23-24(17-20)26(19-11-5-2-6-12-19)22-14-8-7-13-21(22)25(23)18-9-3-1-4-10-18/h1-17H,(H2,27,28,29). The van der Waals surface area contributed by atoms with Gasteiger partial charge in [0, 0.05) is 0 Å². The summed E-state index contributed by atoms with van der Waals surface area (Å²) in [6.45, 7) is 0. The fourth-order valence-electron chi connectivity index (χ4n) is 4.18. The molecule has 30 heavy (non-hydrogen) atoms. The van der Waals surface area contributed by atoms with Crippen molar-refractivity contribution >= 4 is 34.4 Å². The summed E-state index contributed by atoms with van der Waals surface area (Å²) in [4.78, 5) is 19.6. The number of hydrogen-bond acceptors (Lipinski definition) is 1. The molecule has 4 heteroatoms. The minimum atomic E-state index is -4.38. The minimum Gasteiger partial charge on any atom is -0.321 e. The third-order valence-corrected chi connectivity index (χ3v) is 6.42. The molecular weight excluding hydrogens is 391 g/mol. The van der Waals surface area contributed by atoms with Crippen LogP contribution in [0.3, 0.4) is 0 Å². The SMILES string of the molecule is O=P(O)(O)c1ccc2c(-c3ccccc3)c3ccccc3c(-c3ccccc3)c2c1. The van der Waals surface area contributed by atoms with Crippen LogP contribution in [0.5, 0.6) is 0 Å². The molecule has 0 radical (unpaired) electrons. The van der Waals surface area contributed by atoms with Crippen molar-refractivity contribution in [3.05, 3.63) is 103 Å². The van der Waals surface area contributed by atoms with Crippen molar-refractivity contribution in [2.45, 2.75) is 0 Å². The Kier molecular flexibility index (Phi) is 4.52. The first kappa shape index (κ1) is 18.8. The Hall–Kier alpha value is -3.23. The van der Waals surface area contributed by atoms with E-state index in [-0.39, 0.29) is 5.30 Å². The maximum absolute atomic E-state index is 12.0. The molecule has 0 aromatic heterocycles. The largest absolute Gasteiger partial charge is 0.356 e. The summed E-state index contributed by atoms with van der Waals surface area (Å²) in [5.41, 5.74) is 4.14. The summed E-state index contributed by atoms with van der Waals surface area (Å²) in [6, 6.07) is 33.4. The second kappa shape index (κ2) is 7.23. The molecule has 5 aromatic rings. The average Bonchev–Trinajstić information content (AvgIpc) is 2.77. The topological polar surface area (TPSA) is 57.5 Å². The van der Waals surface area contributed by atoms with Crippen molar-refractivity contribution < 1.29 is 14.4 Å². The van der Waals surface area contributed by atoms with Gasteiger partial charge in [0.05, 0.1) is 5.30 Å². The molecule has 0 aliphatic carbocycles. The summed E-state index contributed by atoms with van der Waals surface area (Å²) in [6.07, 6.45) is 0. The predicted molar refractivity (Wildman–Crippen MR) is 124 cm³/mol. The summed E-state index contributed by atoms with van der Waals surface area (Å²) in [5, 5.41) is 3.99. The van der Waals surface area contributed by atoms with Gasteiger partial charge in [-0.3, -0.25) is 4.57 Å². The highest BCUT2D eigenvalue weighted by molar-refractivity contribution is 7.60. The lowest BCUT2D eigenvalue weighted by atomic mass is 9.86. The molecular formula is C26H19O3P. The number of benzene rings is 5. The molecule has 0 atom stereocenters. The fraction of sp³-hybridized carbons (Fsp3) is 0. The van der Waals surface area contributed by atoms with Crippen LogP contribution >= 0.6 is 7.60 Å². The molecule has 0 fully saturated rings. The number of rotatable bonds is 3. The van der Waals surface area contributed by atoms with E-state index in [0.29, 0.717) is 0 Å². The quantitative estimate of drug-likeness (QED) is 0.278. The van der Waals surface area contributed by atoms with E-state index in [4.69, 9.17) is 0 Å². The van der Waals surface area contributed by atoms with E-state index >= 15 is 0 Å². The van der Waals surface area contributed by atoms with Crippen LogP contribution in [0.1, 0.15) is 0 Å². The summed E-state index contributed by atoms with van der Waals surface area (Å²) in [7, 11) is -4.38. The summed E-state index contributed by atoms with van der Waals surface area (Å²) >= 11 is 0. The normalized spacial score (nSPS) is 11.8. The molecule has 5 aromatic carbocycles. The molecule has 0 unspecified atom stereocenters. The lowest BCUT2D eigenvalue weighted by Gasteiger charge is -2.18. The van der Waals surface area contributed by atoms with Gasteiger partial charge in [0.2, 0.25) is 0 Å². The monoisotopic (exact) mass is 410 g/mol.